The van der Waals surface area contributed by atoms with Crippen molar-refractivity contribution in [3.63, 3.8) is 0 Å². The summed E-state index contributed by atoms with van der Waals surface area (Å²) >= 11 is 0. The summed E-state index contributed by atoms with van der Waals surface area (Å²) in [5, 5.41) is 0.0629. The monoisotopic (exact) mass is 234 g/mol. The molecule has 0 bridgehead atoms. The van der Waals surface area contributed by atoms with Crippen molar-refractivity contribution in [1.29, 1.82) is 0 Å². The lowest BCUT2D eigenvalue weighted by Gasteiger charge is -2.30. The lowest BCUT2D eigenvalue weighted by atomic mass is 10.0. The Balaban J connectivity index is 1.98. The van der Waals surface area contributed by atoms with E-state index in [2.05, 4.69) is 63.7 Å². The molecule has 0 saturated heterocycles. The van der Waals surface area contributed by atoms with E-state index in [0.29, 0.717) is 0 Å². The predicted molar refractivity (Wildman–Crippen MR) is 70.9 cm³/mol. The van der Waals surface area contributed by atoms with Gasteiger partial charge in [-0.3, -0.25) is 0 Å². The Bertz CT molecular complexity index is 556. The summed E-state index contributed by atoms with van der Waals surface area (Å²) in [6, 6.07) is 17.4. The van der Waals surface area contributed by atoms with Crippen LogP contribution in [0.25, 0.3) is 0 Å². The van der Waals surface area contributed by atoms with Gasteiger partial charge >= 0.3 is 0 Å². The van der Waals surface area contributed by atoms with Crippen LogP contribution in [0.4, 0.5) is 11.4 Å². The van der Waals surface area contributed by atoms with E-state index >= 15 is 0 Å². The van der Waals surface area contributed by atoms with E-state index < -0.39 is 0 Å². The highest BCUT2D eigenvalue weighted by molar-refractivity contribution is 6.20. The zero-order valence-corrected chi connectivity index (χ0v) is 10.5. The summed E-state index contributed by atoms with van der Waals surface area (Å²) in [7, 11) is 4.02. The quantitative estimate of drug-likeness (QED) is 0.634. The third kappa shape index (κ3) is 1.14. The Morgan fingerprint density at radius 1 is 0.824 bits per heavy atom. The van der Waals surface area contributed by atoms with Crippen molar-refractivity contribution >= 4 is 21.6 Å². The molecule has 81 valence electrons. The van der Waals surface area contributed by atoms with Crippen LogP contribution in [0.1, 0.15) is 11.1 Å². The van der Waals surface area contributed by atoms with Crippen molar-refractivity contribution in [2.24, 2.45) is 0 Å². The van der Waals surface area contributed by atoms with E-state index in [9.17, 15) is 0 Å². The van der Waals surface area contributed by atoms with Gasteiger partial charge in [-0.25, -0.2) is 0 Å². The number of benzene rings is 2. The van der Waals surface area contributed by atoms with E-state index in [1.807, 2.05) is 0 Å². The summed E-state index contributed by atoms with van der Waals surface area (Å²) in [6.07, 6.45) is 2.16. The molecule has 0 atom stereocenters. The van der Waals surface area contributed by atoms with Gasteiger partial charge in [-0.1, -0.05) is 36.4 Å². The fraction of sp³-hybridized carbons (Fsp3) is 0.200. The van der Waals surface area contributed by atoms with Crippen LogP contribution in [0.2, 0.25) is 0 Å². The molecule has 0 aliphatic carbocycles. The van der Waals surface area contributed by atoms with Crippen LogP contribution in [0.15, 0.2) is 48.5 Å². The summed E-state index contributed by atoms with van der Waals surface area (Å²) in [4.78, 5) is 2.45. The van der Waals surface area contributed by atoms with Gasteiger partial charge in [0, 0.05) is 16.5 Å². The van der Waals surface area contributed by atoms with Crippen molar-refractivity contribution in [2.75, 3.05) is 4.90 Å². The Morgan fingerprint density at radius 3 is 1.82 bits per heavy atom. The summed E-state index contributed by atoms with van der Waals surface area (Å²) in [5.74, 6) is 0. The Kier molecular flexibility index (Phi) is 1.68. The second-order valence-corrected chi connectivity index (χ2v) is 5.91. The fourth-order valence-corrected chi connectivity index (χ4v) is 3.82. The van der Waals surface area contributed by atoms with E-state index in [0.717, 1.165) is 12.8 Å². The molecule has 2 aliphatic rings. The number of para-hydroxylation sites is 2. The number of hydrogen-bond acceptors (Lipinski definition) is 1. The van der Waals surface area contributed by atoms with Gasteiger partial charge < -0.3 is 4.90 Å². The average molecular weight is 234 g/mol. The molecule has 2 heteroatoms. The molecule has 2 aliphatic heterocycles. The first-order valence-corrected chi connectivity index (χ1v) is 6.49. The average Bonchev–Trinajstić information content (AvgIpc) is 2.76. The minimum Gasteiger partial charge on any atom is -0.338 e. The van der Waals surface area contributed by atoms with Crippen LogP contribution in [0.5, 0.6) is 0 Å². The molecular formula is C15H12NSi. The van der Waals surface area contributed by atoms with Gasteiger partial charge in [0.2, 0.25) is 0 Å². The van der Waals surface area contributed by atoms with Crippen LogP contribution in [-0.2, 0) is 12.8 Å². The third-order valence-corrected chi connectivity index (χ3v) is 4.44. The summed E-state index contributed by atoms with van der Waals surface area (Å²) in [5.41, 5.74) is 5.59. The molecule has 0 aromatic heterocycles. The highest BCUT2D eigenvalue weighted by Gasteiger charge is 2.45. The number of fused-ring (bicyclic) bond motifs is 5. The van der Waals surface area contributed by atoms with Gasteiger partial charge in [0.25, 0.3) is 0 Å². The van der Waals surface area contributed by atoms with E-state index in [1.54, 1.807) is 0 Å². The first kappa shape index (κ1) is 9.48. The smallest absolute Gasteiger partial charge is 0.0624 e. The van der Waals surface area contributed by atoms with Crippen LogP contribution < -0.4 is 4.90 Å². The molecule has 0 fully saturated rings. The molecule has 0 saturated carbocycles. The highest BCUT2D eigenvalue weighted by Crippen LogP contribution is 2.50. The molecule has 2 heterocycles. The molecule has 0 unspecified atom stereocenters. The molecule has 0 amide bonds. The highest BCUT2D eigenvalue weighted by atomic mass is 28.1. The summed E-state index contributed by atoms with van der Waals surface area (Å²) < 4.78 is 0. The van der Waals surface area contributed by atoms with Gasteiger partial charge in [0.15, 0.2) is 0 Å². The lowest BCUT2D eigenvalue weighted by molar-refractivity contribution is 0.645. The first-order valence-electron chi connectivity index (χ1n) is 5.99. The molecule has 17 heavy (non-hydrogen) atoms. The molecule has 2 aromatic rings. The zero-order chi connectivity index (χ0) is 11.5. The molecule has 3 radical (unpaired) electrons. The van der Waals surface area contributed by atoms with Gasteiger partial charge in [-0.15, -0.1) is 0 Å². The van der Waals surface area contributed by atoms with Crippen LogP contribution in [-0.4, -0.2) is 15.4 Å². The van der Waals surface area contributed by atoms with Crippen molar-refractivity contribution in [2.45, 2.75) is 18.0 Å². The van der Waals surface area contributed by atoms with Gasteiger partial charge in [0.1, 0.15) is 0 Å². The molecule has 2 aromatic carbocycles. The molecule has 0 spiro atoms. The van der Waals surface area contributed by atoms with Gasteiger partial charge in [-0.2, -0.15) is 0 Å². The minimum absolute atomic E-state index is 0.0629. The van der Waals surface area contributed by atoms with E-state index in [1.165, 1.54) is 22.5 Å². The summed E-state index contributed by atoms with van der Waals surface area (Å²) in [6.45, 7) is 0. The maximum Gasteiger partial charge on any atom is 0.0624 e. The molecule has 1 nitrogen and oxygen atoms in total. The topological polar surface area (TPSA) is 3.24 Å². The van der Waals surface area contributed by atoms with Crippen LogP contribution >= 0.6 is 0 Å². The SMILES string of the molecule is [Si]C12Cc3ccccc3N1c1ccccc1C2. The fourth-order valence-electron chi connectivity index (χ4n) is 3.20. The van der Waals surface area contributed by atoms with E-state index in [4.69, 9.17) is 0 Å². The third-order valence-electron chi connectivity index (χ3n) is 3.86. The Morgan fingerprint density at radius 2 is 1.29 bits per heavy atom. The van der Waals surface area contributed by atoms with Gasteiger partial charge in [-0.05, 0) is 36.1 Å². The first-order chi connectivity index (χ1) is 8.28. The van der Waals surface area contributed by atoms with Crippen molar-refractivity contribution < 1.29 is 0 Å². The van der Waals surface area contributed by atoms with Gasteiger partial charge in [0.05, 0.1) is 10.2 Å². The minimum atomic E-state index is 0.0629. The Labute approximate surface area is 105 Å². The molecule has 4 rings (SSSR count). The lowest BCUT2D eigenvalue weighted by Crippen LogP contribution is -2.41. The second kappa shape index (κ2) is 3.02. The molecule has 0 N–H and O–H groups in total. The van der Waals surface area contributed by atoms with Crippen molar-refractivity contribution in [3.05, 3.63) is 59.7 Å². The van der Waals surface area contributed by atoms with Crippen molar-refractivity contribution in [1.82, 2.24) is 0 Å². The Hall–Kier alpha value is -1.54. The predicted octanol–water partition coefficient (Wildman–Crippen LogP) is 2.80. The van der Waals surface area contributed by atoms with E-state index in [-0.39, 0.29) is 5.16 Å². The van der Waals surface area contributed by atoms with Crippen LogP contribution in [0.3, 0.4) is 0 Å². The normalized spacial score (nSPS) is 18.8. The molecular weight excluding hydrogens is 222 g/mol. The maximum atomic E-state index is 4.02. The number of rotatable bonds is 0. The van der Waals surface area contributed by atoms with Crippen LogP contribution in [0, 0.1) is 0 Å². The standard InChI is InChI=1S/C15H12NSi/c17-15-9-11-5-1-3-7-13(11)16(15)14-8-4-2-6-12(14)10-15/h1-8H,9-10H2. The second-order valence-electron chi connectivity index (χ2n) is 4.98. The largest absolute Gasteiger partial charge is 0.338 e. The number of anilines is 2. The zero-order valence-electron chi connectivity index (χ0n) is 9.48. The number of hydrogen-bond donors (Lipinski definition) is 0. The number of nitrogens with zero attached hydrogens (tertiary/aromatic N) is 1. The van der Waals surface area contributed by atoms with Crippen molar-refractivity contribution in [3.8, 4) is 0 Å². The maximum absolute atomic E-state index is 4.02.